The molecule has 0 unspecified atom stereocenters. The van der Waals surface area contributed by atoms with E-state index < -0.39 is 15.9 Å². The molecule has 0 spiro atoms. The van der Waals surface area contributed by atoms with Gasteiger partial charge in [-0.05, 0) is 25.3 Å². The molecule has 2 N–H and O–H groups in total. The number of carbonyl (C=O) groups excluding carboxylic acids is 1. The van der Waals surface area contributed by atoms with Crippen LogP contribution in [0.2, 0.25) is 0 Å². The summed E-state index contributed by atoms with van der Waals surface area (Å²) in [6, 6.07) is 1.27. The summed E-state index contributed by atoms with van der Waals surface area (Å²) < 4.78 is 23.0. The number of nitrogens with zero attached hydrogens (tertiary/aromatic N) is 1. The van der Waals surface area contributed by atoms with Crippen molar-refractivity contribution < 1.29 is 13.2 Å². The second-order valence-electron chi connectivity index (χ2n) is 5.45. The molecule has 1 amide bonds. The lowest BCUT2D eigenvalue weighted by atomic mass is 10.1. The summed E-state index contributed by atoms with van der Waals surface area (Å²) in [5.74, 6) is 0.141. The standard InChI is InChI=1S/C13H23N3O3S/c1-5-20(18,19)8-10(4)14-13(17)12-7-11(15-16-12)6-9(2)3/h7,9-10H,5-6,8H2,1-4H3,(H,14,17)(H,15,16)/t10-/m1/s1. The van der Waals surface area contributed by atoms with E-state index in [1.54, 1.807) is 19.9 Å². The van der Waals surface area contributed by atoms with E-state index in [4.69, 9.17) is 0 Å². The summed E-state index contributed by atoms with van der Waals surface area (Å²) in [6.45, 7) is 7.43. The fraction of sp³-hybridized carbons (Fsp3) is 0.692. The summed E-state index contributed by atoms with van der Waals surface area (Å²) in [6.07, 6.45) is 0.819. The molecule has 0 saturated heterocycles. The van der Waals surface area contributed by atoms with Crippen LogP contribution in [0.15, 0.2) is 6.07 Å². The summed E-state index contributed by atoms with van der Waals surface area (Å²) >= 11 is 0. The maximum absolute atomic E-state index is 11.9. The van der Waals surface area contributed by atoms with Gasteiger partial charge in [-0.25, -0.2) is 8.42 Å². The predicted octanol–water partition coefficient (Wildman–Crippen LogP) is 1.16. The fourth-order valence-electron chi connectivity index (χ4n) is 1.86. The number of hydrogen-bond donors (Lipinski definition) is 2. The summed E-state index contributed by atoms with van der Waals surface area (Å²) in [7, 11) is -3.10. The summed E-state index contributed by atoms with van der Waals surface area (Å²) in [5.41, 5.74) is 1.19. The molecule has 0 bridgehead atoms. The third-order valence-corrected chi connectivity index (χ3v) is 4.70. The lowest BCUT2D eigenvalue weighted by molar-refractivity contribution is 0.0938. The Morgan fingerprint density at radius 1 is 1.40 bits per heavy atom. The van der Waals surface area contributed by atoms with Crippen LogP contribution in [0.3, 0.4) is 0 Å². The number of aromatic nitrogens is 2. The average Bonchev–Trinajstić information content (AvgIpc) is 2.75. The molecule has 1 rings (SSSR count). The van der Waals surface area contributed by atoms with Crippen LogP contribution in [0.4, 0.5) is 0 Å². The van der Waals surface area contributed by atoms with E-state index >= 15 is 0 Å². The Hall–Kier alpha value is -1.37. The molecule has 114 valence electrons. The molecule has 0 aromatic carbocycles. The zero-order valence-electron chi connectivity index (χ0n) is 12.4. The first-order chi connectivity index (χ1) is 9.23. The monoisotopic (exact) mass is 301 g/mol. The first-order valence-electron chi connectivity index (χ1n) is 6.79. The predicted molar refractivity (Wildman–Crippen MR) is 78.4 cm³/mol. The molecule has 0 aliphatic rings. The van der Waals surface area contributed by atoms with Gasteiger partial charge in [0.05, 0.1) is 5.75 Å². The molecule has 0 aliphatic heterocycles. The molecule has 0 saturated carbocycles. The summed E-state index contributed by atoms with van der Waals surface area (Å²) in [4.78, 5) is 11.9. The van der Waals surface area contributed by atoms with E-state index in [2.05, 4.69) is 29.4 Å². The molecule has 6 nitrogen and oxygen atoms in total. The van der Waals surface area contributed by atoms with Gasteiger partial charge >= 0.3 is 0 Å². The van der Waals surface area contributed by atoms with Crippen molar-refractivity contribution in [2.75, 3.05) is 11.5 Å². The summed E-state index contributed by atoms with van der Waals surface area (Å²) in [5, 5.41) is 9.43. The van der Waals surface area contributed by atoms with Crippen molar-refractivity contribution in [3.63, 3.8) is 0 Å². The molecule has 1 aromatic rings. The van der Waals surface area contributed by atoms with Crippen LogP contribution >= 0.6 is 0 Å². The molecule has 0 aliphatic carbocycles. The van der Waals surface area contributed by atoms with Gasteiger partial charge in [0.15, 0.2) is 9.84 Å². The van der Waals surface area contributed by atoms with Crippen molar-refractivity contribution >= 4 is 15.7 Å². The number of H-pyrrole nitrogens is 1. The van der Waals surface area contributed by atoms with Crippen molar-refractivity contribution in [2.45, 2.75) is 40.2 Å². The molecule has 0 fully saturated rings. The molecule has 0 radical (unpaired) electrons. The zero-order chi connectivity index (χ0) is 15.3. The Bertz CT molecular complexity index is 549. The fourth-order valence-corrected chi connectivity index (χ4v) is 2.94. The lowest BCUT2D eigenvalue weighted by Gasteiger charge is -2.12. The quantitative estimate of drug-likeness (QED) is 0.790. The number of aromatic amines is 1. The second-order valence-corrected chi connectivity index (χ2v) is 7.85. The van der Waals surface area contributed by atoms with E-state index in [0.29, 0.717) is 11.6 Å². The molecule has 1 heterocycles. The van der Waals surface area contributed by atoms with Gasteiger partial charge in [-0.3, -0.25) is 9.89 Å². The van der Waals surface area contributed by atoms with Crippen LogP contribution in [0.5, 0.6) is 0 Å². The van der Waals surface area contributed by atoms with Crippen LogP contribution in [-0.4, -0.2) is 42.1 Å². The third-order valence-electron chi connectivity index (χ3n) is 2.81. The first kappa shape index (κ1) is 16.7. The van der Waals surface area contributed by atoms with Crippen molar-refractivity contribution in [2.24, 2.45) is 5.92 Å². The molecular weight excluding hydrogens is 278 g/mol. The normalized spacial score (nSPS) is 13.4. The van der Waals surface area contributed by atoms with Crippen LogP contribution in [-0.2, 0) is 16.3 Å². The van der Waals surface area contributed by atoms with Crippen LogP contribution in [0, 0.1) is 5.92 Å². The molecule has 1 aromatic heterocycles. The number of hydrogen-bond acceptors (Lipinski definition) is 4. The van der Waals surface area contributed by atoms with E-state index in [1.165, 1.54) is 0 Å². The molecular formula is C13H23N3O3S. The van der Waals surface area contributed by atoms with E-state index in [-0.39, 0.29) is 17.4 Å². The second kappa shape index (κ2) is 6.88. The Morgan fingerprint density at radius 3 is 2.60 bits per heavy atom. The topological polar surface area (TPSA) is 91.9 Å². The number of sulfone groups is 1. The number of carbonyl (C=O) groups is 1. The smallest absolute Gasteiger partial charge is 0.272 e. The first-order valence-corrected chi connectivity index (χ1v) is 8.61. The highest BCUT2D eigenvalue weighted by Gasteiger charge is 2.18. The minimum absolute atomic E-state index is 0.0570. The third kappa shape index (κ3) is 5.32. The van der Waals surface area contributed by atoms with Gasteiger partial charge in [-0.1, -0.05) is 20.8 Å². The van der Waals surface area contributed by atoms with E-state index in [1.807, 2.05) is 0 Å². The van der Waals surface area contributed by atoms with E-state index in [0.717, 1.165) is 12.1 Å². The number of nitrogens with one attached hydrogen (secondary N) is 2. The number of amides is 1. The Morgan fingerprint density at radius 2 is 2.05 bits per heavy atom. The van der Waals surface area contributed by atoms with Gasteiger partial charge in [0.2, 0.25) is 0 Å². The molecule has 20 heavy (non-hydrogen) atoms. The highest BCUT2D eigenvalue weighted by molar-refractivity contribution is 7.91. The SMILES string of the molecule is CCS(=O)(=O)C[C@@H](C)NC(=O)c1cc(CC(C)C)[nH]n1. The van der Waals surface area contributed by atoms with Crippen molar-refractivity contribution in [1.82, 2.24) is 15.5 Å². The van der Waals surface area contributed by atoms with Crippen LogP contribution in [0.25, 0.3) is 0 Å². The largest absolute Gasteiger partial charge is 0.347 e. The Balaban J connectivity index is 2.60. The minimum atomic E-state index is -3.10. The van der Waals surface area contributed by atoms with Gasteiger partial charge in [-0.2, -0.15) is 5.10 Å². The molecule has 1 atom stereocenters. The zero-order valence-corrected chi connectivity index (χ0v) is 13.3. The lowest BCUT2D eigenvalue weighted by Crippen LogP contribution is -2.38. The Labute approximate surface area is 120 Å². The van der Waals surface area contributed by atoms with Crippen LogP contribution in [0.1, 0.15) is 43.9 Å². The van der Waals surface area contributed by atoms with Gasteiger partial charge in [-0.15, -0.1) is 0 Å². The van der Waals surface area contributed by atoms with Crippen molar-refractivity contribution in [3.05, 3.63) is 17.5 Å². The minimum Gasteiger partial charge on any atom is -0.347 e. The Kier molecular flexibility index (Phi) is 5.74. The maximum Gasteiger partial charge on any atom is 0.272 e. The highest BCUT2D eigenvalue weighted by atomic mass is 32.2. The van der Waals surface area contributed by atoms with Crippen molar-refractivity contribution in [1.29, 1.82) is 0 Å². The van der Waals surface area contributed by atoms with Gasteiger partial charge < -0.3 is 5.32 Å². The average molecular weight is 301 g/mol. The highest BCUT2D eigenvalue weighted by Crippen LogP contribution is 2.07. The maximum atomic E-state index is 11.9. The van der Waals surface area contributed by atoms with Gasteiger partial charge in [0, 0.05) is 17.5 Å². The van der Waals surface area contributed by atoms with E-state index in [9.17, 15) is 13.2 Å². The van der Waals surface area contributed by atoms with Crippen LogP contribution < -0.4 is 5.32 Å². The molecule has 7 heteroatoms. The van der Waals surface area contributed by atoms with Gasteiger partial charge in [0.1, 0.15) is 5.69 Å². The van der Waals surface area contributed by atoms with Crippen molar-refractivity contribution in [3.8, 4) is 0 Å². The number of rotatable bonds is 7. The van der Waals surface area contributed by atoms with Gasteiger partial charge in [0.25, 0.3) is 5.91 Å².